The van der Waals surface area contributed by atoms with Crippen LogP contribution in [0.2, 0.25) is 0 Å². The molecule has 26 heavy (non-hydrogen) atoms. The van der Waals surface area contributed by atoms with Crippen molar-refractivity contribution < 1.29 is 9.53 Å². The lowest BCUT2D eigenvalue weighted by Gasteiger charge is -2.18. The van der Waals surface area contributed by atoms with Gasteiger partial charge < -0.3 is 10.1 Å². The predicted octanol–water partition coefficient (Wildman–Crippen LogP) is 4.90. The van der Waals surface area contributed by atoms with E-state index in [1.807, 2.05) is 35.7 Å². The largest absolute Gasteiger partial charge is 0.487 e. The molecule has 1 heterocycles. The van der Waals surface area contributed by atoms with E-state index in [-0.39, 0.29) is 11.4 Å². The molecule has 0 radical (unpaired) electrons. The summed E-state index contributed by atoms with van der Waals surface area (Å²) in [5.41, 5.74) is 4.17. The summed E-state index contributed by atoms with van der Waals surface area (Å²) in [7, 11) is 0. The van der Waals surface area contributed by atoms with Gasteiger partial charge in [-0.25, -0.2) is 4.98 Å². The molecule has 4 rings (SSSR count). The van der Waals surface area contributed by atoms with E-state index < -0.39 is 0 Å². The van der Waals surface area contributed by atoms with Gasteiger partial charge in [0.2, 0.25) is 0 Å². The number of carbonyl (C=O) groups excluding carboxylic acids is 1. The number of nitrogens with one attached hydrogen (secondary N) is 1. The highest BCUT2D eigenvalue weighted by molar-refractivity contribution is 9.10. The molecule has 0 aliphatic heterocycles. The molecule has 1 aliphatic rings. The summed E-state index contributed by atoms with van der Waals surface area (Å²) in [6, 6.07) is 15.4. The average molecular weight is 429 g/mol. The molecule has 1 aromatic heterocycles. The third-order valence-corrected chi connectivity index (χ3v) is 5.63. The van der Waals surface area contributed by atoms with Gasteiger partial charge in [0.05, 0.1) is 16.7 Å². The summed E-state index contributed by atoms with van der Waals surface area (Å²) in [4.78, 5) is 16.9. The zero-order valence-electron chi connectivity index (χ0n) is 13.9. The van der Waals surface area contributed by atoms with Crippen LogP contribution in [-0.2, 0) is 12.1 Å². The Labute approximate surface area is 164 Å². The van der Waals surface area contributed by atoms with Crippen LogP contribution in [0, 0.1) is 0 Å². The molecule has 2 aromatic carbocycles. The SMILES string of the molecule is O=C(NC1(c2ccc(Br)cc2)CC1)c1cccc(OCc2cscn2)c1. The van der Waals surface area contributed by atoms with Crippen molar-refractivity contribution in [3.05, 3.63) is 80.7 Å². The second-order valence-corrected chi connectivity index (χ2v) is 7.97. The normalized spacial score (nSPS) is 14.7. The molecule has 0 saturated heterocycles. The Hall–Kier alpha value is -2.18. The van der Waals surface area contributed by atoms with Crippen molar-refractivity contribution in [2.24, 2.45) is 0 Å². The van der Waals surface area contributed by atoms with E-state index in [2.05, 4.69) is 38.4 Å². The Morgan fingerprint density at radius 2 is 2.04 bits per heavy atom. The van der Waals surface area contributed by atoms with E-state index in [0.29, 0.717) is 17.9 Å². The Morgan fingerprint density at radius 1 is 1.23 bits per heavy atom. The summed E-state index contributed by atoms with van der Waals surface area (Å²) in [6.07, 6.45) is 1.92. The molecule has 0 atom stereocenters. The third-order valence-electron chi connectivity index (χ3n) is 4.47. The van der Waals surface area contributed by atoms with Gasteiger partial charge in [0.1, 0.15) is 12.4 Å². The minimum atomic E-state index is -0.241. The number of benzene rings is 2. The highest BCUT2D eigenvalue weighted by atomic mass is 79.9. The van der Waals surface area contributed by atoms with Crippen LogP contribution >= 0.6 is 27.3 Å². The number of thiazole rings is 1. The van der Waals surface area contributed by atoms with E-state index in [0.717, 1.165) is 28.6 Å². The number of halogens is 1. The van der Waals surface area contributed by atoms with E-state index in [1.54, 1.807) is 11.6 Å². The van der Waals surface area contributed by atoms with E-state index >= 15 is 0 Å². The van der Waals surface area contributed by atoms with Crippen molar-refractivity contribution in [1.82, 2.24) is 10.3 Å². The summed E-state index contributed by atoms with van der Waals surface area (Å²) in [6.45, 7) is 0.400. The van der Waals surface area contributed by atoms with Gasteiger partial charge in [-0.1, -0.05) is 34.1 Å². The molecule has 4 nitrogen and oxygen atoms in total. The third kappa shape index (κ3) is 3.81. The molecule has 1 amide bonds. The van der Waals surface area contributed by atoms with Gasteiger partial charge in [0, 0.05) is 15.4 Å². The molecule has 1 fully saturated rings. The van der Waals surface area contributed by atoms with Crippen LogP contribution in [0.25, 0.3) is 0 Å². The van der Waals surface area contributed by atoms with Gasteiger partial charge in [-0.05, 0) is 48.7 Å². The van der Waals surface area contributed by atoms with Gasteiger partial charge in [0.15, 0.2) is 0 Å². The Balaban J connectivity index is 1.44. The highest BCUT2D eigenvalue weighted by Gasteiger charge is 2.45. The molecule has 3 aromatic rings. The number of hydrogen-bond donors (Lipinski definition) is 1. The number of amides is 1. The number of rotatable bonds is 6. The minimum absolute atomic E-state index is 0.0791. The smallest absolute Gasteiger partial charge is 0.252 e. The first kappa shape index (κ1) is 17.2. The number of nitrogens with zero attached hydrogens (tertiary/aromatic N) is 1. The van der Waals surface area contributed by atoms with Crippen LogP contribution in [0.4, 0.5) is 0 Å². The van der Waals surface area contributed by atoms with Crippen LogP contribution in [0.3, 0.4) is 0 Å². The highest BCUT2D eigenvalue weighted by Crippen LogP contribution is 2.45. The average Bonchev–Trinajstić information content (AvgIpc) is 3.24. The van der Waals surface area contributed by atoms with E-state index in [1.165, 1.54) is 11.3 Å². The Bertz CT molecular complexity index is 906. The first-order valence-electron chi connectivity index (χ1n) is 8.33. The van der Waals surface area contributed by atoms with Crippen molar-refractivity contribution in [2.45, 2.75) is 25.0 Å². The second-order valence-electron chi connectivity index (χ2n) is 6.34. The topological polar surface area (TPSA) is 51.2 Å². The van der Waals surface area contributed by atoms with Crippen LogP contribution in [0.1, 0.15) is 34.5 Å². The number of aromatic nitrogens is 1. The first-order valence-corrected chi connectivity index (χ1v) is 10.1. The molecule has 132 valence electrons. The molecule has 1 N–H and O–H groups in total. The number of ether oxygens (including phenoxy) is 1. The van der Waals surface area contributed by atoms with Crippen molar-refractivity contribution in [1.29, 1.82) is 0 Å². The molecule has 0 bridgehead atoms. The summed E-state index contributed by atoms with van der Waals surface area (Å²) < 4.78 is 6.78. The fourth-order valence-corrected chi connectivity index (χ4v) is 3.67. The van der Waals surface area contributed by atoms with Crippen LogP contribution in [0.15, 0.2) is 63.9 Å². The predicted molar refractivity (Wildman–Crippen MR) is 105 cm³/mol. The molecule has 1 saturated carbocycles. The minimum Gasteiger partial charge on any atom is -0.487 e. The van der Waals surface area contributed by atoms with Crippen LogP contribution < -0.4 is 10.1 Å². The summed E-state index contributed by atoms with van der Waals surface area (Å²) in [5.74, 6) is 0.587. The second kappa shape index (κ2) is 7.21. The maximum atomic E-state index is 12.7. The molecule has 1 aliphatic carbocycles. The number of carbonyl (C=O) groups is 1. The van der Waals surface area contributed by atoms with E-state index in [4.69, 9.17) is 4.74 Å². The molecular formula is C20H17BrN2O2S. The van der Waals surface area contributed by atoms with Crippen molar-refractivity contribution >= 4 is 33.2 Å². The van der Waals surface area contributed by atoms with Gasteiger partial charge in [-0.2, -0.15) is 0 Å². The zero-order chi connectivity index (χ0) is 18.0. The monoisotopic (exact) mass is 428 g/mol. The fourth-order valence-electron chi connectivity index (χ4n) is 2.86. The first-order chi connectivity index (χ1) is 12.6. The Morgan fingerprint density at radius 3 is 2.73 bits per heavy atom. The fraction of sp³-hybridized carbons (Fsp3) is 0.200. The van der Waals surface area contributed by atoms with Gasteiger partial charge in [-0.15, -0.1) is 11.3 Å². The molecular weight excluding hydrogens is 412 g/mol. The summed E-state index contributed by atoms with van der Waals surface area (Å²) in [5, 5.41) is 5.15. The van der Waals surface area contributed by atoms with Gasteiger partial charge in [-0.3, -0.25) is 4.79 Å². The van der Waals surface area contributed by atoms with Crippen molar-refractivity contribution in [3.8, 4) is 5.75 Å². The van der Waals surface area contributed by atoms with E-state index in [9.17, 15) is 4.79 Å². The van der Waals surface area contributed by atoms with Crippen LogP contribution in [0.5, 0.6) is 5.75 Å². The molecule has 0 unspecified atom stereocenters. The lowest BCUT2D eigenvalue weighted by molar-refractivity contribution is 0.0930. The van der Waals surface area contributed by atoms with Gasteiger partial charge >= 0.3 is 0 Å². The van der Waals surface area contributed by atoms with Crippen LogP contribution in [-0.4, -0.2) is 10.9 Å². The molecule has 6 heteroatoms. The van der Waals surface area contributed by atoms with Crippen molar-refractivity contribution in [2.75, 3.05) is 0 Å². The Kier molecular flexibility index (Phi) is 4.78. The summed E-state index contributed by atoms with van der Waals surface area (Å²) >= 11 is 4.99. The zero-order valence-corrected chi connectivity index (χ0v) is 16.3. The maximum Gasteiger partial charge on any atom is 0.252 e. The lowest BCUT2D eigenvalue weighted by Crippen LogP contribution is -2.34. The maximum absolute atomic E-state index is 12.7. The quantitative estimate of drug-likeness (QED) is 0.606. The van der Waals surface area contributed by atoms with Gasteiger partial charge in [0.25, 0.3) is 5.91 Å². The number of hydrogen-bond acceptors (Lipinski definition) is 4. The lowest BCUT2D eigenvalue weighted by atomic mass is 10.0. The standard InChI is InChI=1S/C20H17BrN2O2S/c21-16-6-4-15(5-7-16)20(8-9-20)23-19(24)14-2-1-3-18(10-14)25-11-17-12-26-13-22-17/h1-7,10,12-13H,8-9,11H2,(H,23,24). The van der Waals surface area contributed by atoms with Crippen molar-refractivity contribution in [3.63, 3.8) is 0 Å². The molecule has 0 spiro atoms.